The van der Waals surface area contributed by atoms with Crippen LogP contribution in [0.5, 0.6) is 0 Å². The summed E-state index contributed by atoms with van der Waals surface area (Å²) < 4.78 is 0. The van der Waals surface area contributed by atoms with Gasteiger partial charge < -0.3 is 0 Å². The van der Waals surface area contributed by atoms with Gasteiger partial charge in [0.2, 0.25) is 0 Å². The number of hydrogen-bond acceptors (Lipinski definition) is 3. The second kappa shape index (κ2) is 6.60. The molecule has 0 bridgehead atoms. The highest BCUT2D eigenvalue weighted by Gasteiger charge is 2.20. The third kappa shape index (κ3) is 3.02. The molecule has 0 amide bonds. The van der Waals surface area contributed by atoms with Crippen LogP contribution >= 0.6 is 46.1 Å². The van der Waals surface area contributed by atoms with Crippen LogP contribution in [0.15, 0.2) is 17.1 Å². The molecule has 1 heterocycles. The van der Waals surface area contributed by atoms with Crippen LogP contribution in [0.25, 0.3) is 0 Å². The molecule has 0 unspecified atom stereocenters. The first kappa shape index (κ1) is 15.8. The predicted molar refractivity (Wildman–Crippen MR) is 94.4 cm³/mol. The Morgan fingerprint density at radius 2 is 1.95 bits per heavy atom. The van der Waals surface area contributed by atoms with Crippen molar-refractivity contribution in [1.82, 2.24) is 0 Å². The van der Waals surface area contributed by atoms with Gasteiger partial charge in [-0.25, -0.2) is 4.99 Å². The number of rotatable bonds is 2. The van der Waals surface area contributed by atoms with E-state index < -0.39 is 0 Å². The monoisotopic (exact) mass is 368 g/mol. The van der Waals surface area contributed by atoms with E-state index in [1.54, 1.807) is 29.7 Å². The molecule has 112 valence electrons. The largest absolute Gasteiger partial charge is 0.244 e. The van der Waals surface area contributed by atoms with E-state index in [9.17, 15) is 5.26 Å². The van der Waals surface area contributed by atoms with Gasteiger partial charge in [0.1, 0.15) is 11.1 Å². The third-order valence-electron chi connectivity index (χ3n) is 3.61. The van der Waals surface area contributed by atoms with Crippen LogP contribution in [0.4, 0.5) is 5.00 Å². The Kier molecular flexibility index (Phi) is 4.75. The molecule has 6 heteroatoms. The summed E-state index contributed by atoms with van der Waals surface area (Å²) in [6.45, 7) is 0. The molecule has 0 N–H and O–H groups in total. The van der Waals surface area contributed by atoms with Crippen molar-refractivity contribution in [2.75, 3.05) is 0 Å². The summed E-state index contributed by atoms with van der Waals surface area (Å²) in [4.78, 5) is 5.75. The minimum absolute atomic E-state index is 0.390. The average molecular weight is 370 g/mol. The zero-order valence-electron chi connectivity index (χ0n) is 11.5. The molecule has 0 radical (unpaired) electrons. The van der Waals surface area contributed by atoms with Gasteiger partial charge in [-0.3, -0.25) is 0 Å². The van der Waals surface area contributed by atoms with Gasteiger partial charge in [-0.2, -0.15) is 5.26 Å². The van der Waals surface area contributed by atoms with Crippen LogP contribution in [0.2, 0.25) is 15.1 Å². The standard InChI is InChI=1S/C16H11Cl3N2S/c17-10-5-9(15(19)13(18)6-10)8-21-16-12(7-20)11-3-1-2-4-14(11)22-16/h5-6,8H,1-4H2. The summed E-state index contributed by atoms with van der Waals surface area (Å²) in [6.07, 6.45) is 5.94. The molecule has 22 heavy (non-hydrogen) atoms. The van der Waals surface area contributed by atoms with Crippen molar-refractivity contribution in [1.29, 1.82) is 5.26 Å². The van der Waals surface area contributed by atoms with Crippen molar-refractivity contribution in [2.24, 2.45) is 4.99 Å². The number of fused-ring (bicyclic) bond motifs is 1. The molecule has 0 atom stereocenters. The van der Waals surface area contributed by atoms with E-state index in [2.05, 4.69) is 11.1 Å². The second-order valence-electron chi connectivity index (χ2n) is 5.05. The summed E-state index contributed by atoms with van der Waals surface area (Å²) in [5.74, 6) is 0. The molecule has 1 aromatic heterocycles. The molecular formula is C16H11Cl3N2S. The first-order valence-corrected chi connectivity index (χ1v) is 8.78. The highest BCUT2D eigenvalue weighted by molar-refractivity contribution is 7.16. The average Bonchev–Trinajstić information content (AvgIpc) is 2.86. The number of aryl methyl sites for hydroxylation is 1. The fourth-order valence-electron chi connectivity index (χ4n) is 2.56. The molecule has 0 aliphatic heterocycles. The summed E-state index contributed by atoms with van der Waals surface area (Å²) in [5, 5.41) is 11.5. The minimum Gasteiger partial charge on any atom is -0.244 e. The Morgan fingerprint density at radius 1 is 1.18 bits per heavy atom. The maximum Gasteiger partial charge on any atom is 0.134 e. The molecule has 0 spiro atoms. The predicted octanol–water partition coefficient (Wildman–Crippen LogP) is 6.21. The van der Waals surface area contributed by atoms with Crippen LogP contribution in [0.3, 0.4) is 0 Å². The molecule has 0 fully saturated rings. The van der Waals surface area contributed by atoms with Gasteiger partial charge in [0.05, 0.1) is 15.6 Å². The highest BCUT2D eigenvalue weighted by Crippen LogP contribution is 2.39. The Balaban J connectivity index is 2.00. The first-order chi connectivity index (χ1) is 10.6. The second-order valence-corrected chi connectivity index (χ2v) is 7.36. The van der Waals surface area contributed by atoms with Crippen LogP contribution in [-0.2, 0) is 12.8 Å². The molecular weight excluding hydrogens is 359 g/mol. The fourth-order valence-corrected chi connectivity index (χ4v) is 4.41. The molecule has 3 rings (SSSR count). The maximum atomic E-state index is 9.42. The van der Waals surface area contributed by atoms with E-state index in [0.29, 0.717) is 26.2 Å². The number of nitriles is 1. The number of nitrogens with zero attached hydrogens (tertiary/aromatic N) is 2. The number of halogens is 3. The maximum absolute atomic E-state index is 9.42. The Bertz CT molecular complexity index is 803. The molecule has 1 aliphatic carbocycles. The number of benzene rings is 1. The van der Waals surface area contributed by atoms with Crippen LogP contribution < -0.4 is 0 Å². The lowest BCUT2D eigenvalue weighted by Gasteiger charge is -2.09. The lowest BCUT2D eigenvalue weighted by atomic mass is 9.96. The molecule has 1 aromatic carbocycles. The van der Waals surface area contributed by atoms with Gasteiger partial charge in [0.15, 0.2) is 0 Å². The summed E-state index contributed by atoms with van der Waals surface area (Å²) in [6, 6.07) is 5.59. The SMILES string of the molecule is N#Cc1c(N=Cc2cc(Cl)cc(Cl)c2Cl)sc2c1CCCC2. The van der Waals surface area contributed by atoms with Gasteiger partial charge in [-0.05, 0) is 43.4 Å². The molecule has 2 nitrogen and oxygen atoms in total. The van der Waals surface area contributed by atoms with Gasteiger partial charge >= 0.3 is 0 Å². The number of aliphatic imine (C=N–C) groups is 1. The van der Waals surface area contributed by atoms with E-state index in [0.717, 1.165) is 24.3 Å². The number of thiophene rings is 1. The zero-order chi connectivity index (χ0) is 15.7. The molecule has 0 saturated carbocycles. The van der Waals surface area contributed by atoms with E-state index >= 15 is 0 Å². The van der Waals surface area contributed by atoms with Gasteiger partial charge in [0.25, 0.3) is 0 Å². The topological polar surface area (TPSA) is 36.1 Å². The van der Waals surface area contributed by atoms with E-state index in [-0.39, 0.29) is 0 Å². The van der Waals surface area contributed by atoms with Crippen molar-refractivity contribution in [3.8, 4) is 6.07 Å². The third-order valence-corrected chi connectivity index (χ3v) is 5.84. The Morgan fingerprint density at radius 3 is 2.73 bits per heavy atom. The smallest absolute Gasteiger partial charge is 0.134 e. The van der Waals surface area contributed by atoms with Crippen molar-refractivity contribution >= 4 is 57.4 Å². The normalized spacial score (nSPS) is 14.1. The van der Waals surface area contributed by atoms with Crippen LogP contribution in [0.1, 0.15) is 34.4 Å². The van der Waals surface area contributed by atoms with Crippen LogP contribution in [-0.4, -0.2) is 6.21 Å². The quantitative estimate of drug-likeness (QED) is 0.458. The molecule has 0 saturated heterocycles. The molecule has 1 aliphatic rings. The summed E-state index contributed by atoms with van der Waals surface area (Å²) in [7, 11) is 0. The van der Waals surface area contributed by atoms with Crippen LogP contribution in [0, 0.1) is 11.3 Å². The summed E-state index contributed by atoms with van der Waals surface area (Å²) >= 11 is 19.8. The van der Waals surface area contributed by atoms with Crippen molar-refractivity contribution < 1.29 is 0 Å². The molecule has 2 aromatic rings. The van der Waals surface area contributed by atoms with E-state index in [1.165, 1.54) is 16.9 Å². The fraction of sp³-hybridized carbons (Fsp3) is 0.250. The Labute approximate surface area is 148 Å². The lowest BCUT2D eigenvalue weighted by Crippen LogP contribution is -1.99. The Hall–Kier alpha value is -1.05. The van der Waals surface area contributed by atoms with Gasteiger partial charge in [-0.15, -0.1) is 11.3 Å². The lowest BCUT2D eigenvalue weighted by molar-refractivity contribution is 0.696. The zero-order valence-corrected chi connectivity index (χ0v) is 14.6. The number of hydrogen-bond donors (Lipinski definition) is 0. The van der Waals surface area contributed by atoms with Gasteiger partial charge in [-0.1, -0.05) is 34.8 Å². The first-order valence-electron chi connectivity index (χ1n) is 6.83. The van der Waals surface area contributed by atoms with Crippen molar-refractivity contribution in [2.45, 2.75) is 25.7 Å². The van der Waals surface area contributed by atoms with E-state index in [4.69, 9.17) is 34.8 Å². The van der Waals surface area contributed by atoms with Gasteiger partial charge in [0, 0.05) is 21.7 Å². The highest BCUT2D eigenvalue weighted by atomic mass is 35.5. The van der Waals surface area contributed by atoms with E-state index in [1.807, 2.05) is 0 Å². The minimum atomic E-state index is 0.390. The van der Waals surface area contributed by atoms with Crippen molar-refractivity contribution in [3.63, 3.8) is 0 Å². The summed E-state index contributed by atoms with van der Waals surface area (Å²) in [5.41, 5.74) is 2.51. The van der Waals surface area contributed by atoms with Crippen molar-refractivity contribution in [3.05, 3.63) is 48.8 Å².